The first kappa shape index (κ1) is 13.9. The number of hydrogen-bond donors (Lipinski definition) is 1. The molecule has 0 radical (unpaired) electrons. The molecule has 0 saturated carbocycles. The van der Waals surface area contributed by atoms with Crippen molar-refractivity contribution in [3.8, 4) is 0 Å². The molecule has 0 aliphatic rings. The van der Waals surface area contributed by atoms with Crippen molar-refractivity contribution in [2.45, 2.75) is 11.3 Å². The van der Waals surface area contributed by atoms with Gasteiger partial charge in [-0.3, -0.25) is 0 Å². The Hall–Kier alpha value is -1.18. The van der Waals surface area contributed by atoms with Crippen LogP contribution in [0.2, 0.25) is 5.02 Å². The third kappa shape index (κ3) is 6.20. The molecule has 0 nitrogen and oxygen atoms in total. The number of benzene rings is 2. The molecule has 0 N–H and O–H groups in total. The van der Waals surface area contributed by atoms with Gasteiger partial charge in [-0.15, -0.1) is 19.2 Å². The lowest BCUT2D eigenvalue weighted by Gasteiger charge is -1.94. The van der Waals surface area contributed by atoms with Crippen LogP contribution >= 0.6 is 24.2 Å². The van der Waals surface area contributed by atoms with E-state index in [0.29, 0.717) is 0 Å². The zero-order valence-corrected chi connectivity index (χ0v) is 11.2. The molecule has 0 aromatic heterocycles. The fourth-order valence-electron chi connectivity index (χ4n) is 1.22. The lowest BCUT2D eigenvalue weighted by atomic mass is 10.2. The fraction of sp³-hybridized carbons (Fsp3) is 0.0667. The van der Waals surface area contributed by atoms with Crippen molar-refractivity contribution < 1.29 is 0 Å². The predicted molar refractivity (Wildman–Crippen MR) is 79.0 cm³/mol. The maximum atomic E-state index is 5.69. The molecular formula is C15H15ClS. The lowest BCUT2D eigenvalue weighted by Crippen LogP contribution is -1.77. The van der Waals surface area contributed by atoms with Gasteiger partial charge in [-0.25, -0.2) is 0 Å². The van der Waals surface area contributed by atoms with E-state index in [0.717, 1.165) is 16.3 Å². The molecule has 0 fully saturated rings. The number of rotatable bonds is 2. The van der Waals surface area contributed by atoms with E-state index in [9.17, 15) is 0 Å². The van der Waals surface area contributed by atoms with Crippen molar-refractivity contribution in [3.63, 3.8) is 0 Å². The average Bonchev–Trinajstić information content (AvgIpc) is 2.34. The van der Waals surface area contributed by atoms with Crippen molar-refractivity contribution in [3.05, 3.63) is 77.8 Å². The SMILES string of the molecule is C=CCc1ccc(Cl)cc1.Sc1ccccc1. The van der Waals surface area contributed by atoms with Crippen LogP contribution in [0.1, 0.15) is 5.56 Å². The van der Waals surface area contributed by atoms with Gasteiger partial charge in [0.05, 0.1) is 0 Å². The first-order valence-corrected chi connectivity index (χ1v) is 6.14. The van der Waals surface area contributed by atoms with E-state index in [1.54, 1.807) is 0 Å². The summed E-state index contributed by atoms with van der Waals surface area (Å²) in [6, 6.07) is 17.6. The molecule has 0 aliphatic carbocycles. The highest BCUT2D eigenvalue weighted by Crippen LogP contribution is 2.09. The molecule has 17 heavy (non-hydrogen) atoms. The van der Waals surface area contributed by atoms with E-state index in [4.69, 9.17) is 11.6 Å². The first-order chi connectivity index (χ1) is 8.22. The summed E-state index contributed by atoms with van der Waals surface area (Å²) in [5.74, 6) is 0. The van der Waals surface area contributed by atoms with Crippen molar-refractivity contribution >= 4 is 24.2 Å². The minimum Gasteiger partial charge on any atom is -0.143 e. The molecule has 2 aromatic rings. The Morgan fingerprint density at radius 2 is 1.59 bits per heavy atom. The van der Waals surface area contributed by atoms with Crippen LogP contribution < -0.4 is 0 Å². The molecule has 0 saturated heterocycles. The monoisotopic (exact) mass is 262 g/mol. The predicted octanol–water partition coefficient (Wildman–Crippen LogP) is 5.04. The molecule has 88 valence electrons. The van der Waals surface area contributed by atoms with Crippen LogP contribution in [0.4, 0.5) is 0 Å². The molecule has 2 heteroatoms. The molecule has 0 amide bonds. The standard InChI is InChI=1S/C9H9Cl.C6H6S/c1-2-3-8-4-6-9(10)7-5-8;7-6-4-2-1-3-5-6/h2,4-7H,1,3H2;1-5,7H. The summed E-state index contributed by atoms with van der Waals surface area (Å²) in [4.78, 5) is 1.02. The van der Waals surface area contributed by atoms with Gasteiger partial charge >= 0.3 is 0 Å². The summed E-state index contributed by atoms with van der Waals surface area (Å²) in [6.45, 7) is 3.65. The highest BCUT2D eigenvalue weighted by atomic mass is 35.5. The van der Waals surface area contributed by atoms with Crippen LogP contribution in [0.25, 0.3) is 0 Å². The van der Waals surface area contributed by atoms with Crippen LogP contribution in [0.5, 0.6) is 0 Å². The molecule has 0 heterocycles. The Kier molecular flexibility index (Phi) is 6.53. The Morgan fingerprint density at radius 3 is 2.00 bits per heavy atom. The average molecular weight is 263 g/mol. The van der Waals surface area contributed by atoms with Gasteiger partial charge in [0.25, 0.3) is 0 Å². The normalized spacial score (nSPS) is 9.06. The van der Waals surface area contributed by atoms with Gasteiger partial charge in [0, 0.05) is 9.92 Å². The largest absolute Gasteiger partial charge is 0.143 e. The summed E-state index contributed by atoms with van der Waals surface area (Å²) in [5.41, 5.74) is 1.25. The quantitative estimate of drug-likeness (QED) is 0.569. The highest BCUT2D eigenvalue weighted by molar-refractivity contribution is 7.80. The van der Waals surface area contributed by atoms with Gasteiger partial charge in [0.2, 0.25) is 0 Å². The fourth-order valence-corrected chi connectivity index (χ4v) is 1.51. The van der Waals surface area contributed by atoms with Crippen molar-refractivity contribution in [2.75, 3.05) is 0 Å². The second kappa shape index (κ2) is 7.99. The van der Waals surface area contributed by atoms with Gasteiger partial charge in [0.15, 0.2) is 0 Å². The maximum Gasteiger partial charge on any atom is 0.0406 e. The van der Waals surface area contributed by atoms with Crippen molar-refractivity contribution in [1.29, 1.82) is 0 Å². The zero-order chi connectivity index (χ0) is 12.5. The van der Waals surface area contributed by atoms with Gasteiger partial charge in [-0.2, -0.15) is 0 Å². The van der Waals surface area contributed by atoms with Crippen LogP contribution in [-0.2, 0) is 6.42 Å². The maximum absolute atomic E-state index is 5.69. The van der Waals surface area contributed by atoms with Crippen LogP contribution in [0.3, 0.4) is 0 Å². The smallest absolute Gasteiger partial charge is 0.0406 e. The van der Waals surface area contributed by atoms with E-state index in [-0.39, 0.29) is 0 Å². The van der Waals surface area contributed by atoms with E-state index in [1.807, 2.05) is 60.7 Å². The minimum atomic E-state index is 0.785. The van der Waals surface area contributed by atoms with Crippen LogP contribution in [-0.4, -0.2) is 0 Å². The molecule has 0 aliphatic heterocycles. The summed E-state index contributed by atoms with van der Waals surface area (Å²) < 4.78 is 0. The van der Waals surface area contributed by atoms with Gasteiger partial charge in [-0.1, -0.05) is 48.0 Å². The number of thiol groups is 1. The van der Waals surface area contributed by atoms with E-state index < -0.39 is 0 Å². The number of halogens is 1. The summed E-state index contributed by atoms with van der Waals surface area (Å²) in [7, 11) is 0. The van der Waals surface area contributed by atoms with Crippen molar-refractivity contribution in [1.82, 2.24) is 0 Å². The molecule has 0 unspecified atom stereocenters. The molecule has 2 aromatic carbocycles. The van der Waals surface area contributed by atoms with E-state index >= 15 is 0 Å². The van der Waals surface area contributed by atoms with Gasteiger partial charge < -0.3 is 0 Å². The Labute approximate surface area is 113 Å². The third-order valence-electron chi connectivity index (χ3n) is 2.05. The first-order valence-electron chi connectivity index (χ1n) is 5.31. The zero-order valence-electron chi connectivity index (χ0n) is 9.51. The number of allylic oxidation sites excluding steroid dienone is 1. The Bertz CT molecular complexity index is 434. The summed E-state index contributed by atoms with van der Waals surface area (Å²) in [5, 5.41) is 0.785. The minimum absolute atomic E-state index is 0.785. The molecule has 0 spiro atoms. The summed E-state index contributed by atoms with van der Waals surface area (Å²) >= 11 is 9.77. The van der Waals surface area contributed by atoms with E-state index in [1.165, 1.54) is 5.56 Å². The Morgan fingerprint density at radius 1 is 1.00 bits per heavy atom. The van der Waals surface area contributed by atoms with Crippen LogP contribution in [0.15, 0.2) is 72.1 Å². The van der Waals surface area contributed by atoms with Gasteiger partial charge in [0.1, 0.15) is 0 Å². The second-order valence-electron chi connectivity index (χ2n) is 3.45. The van der Waals surface area contributed by atoms with Gasteiger partial charge in [-0.05, 0) is 36.2 Å². The number of hydrogen-bond acceptors (Lipinski definition) is 1. The Balaban J connectivity index is 0.000000181. The topological polar surface area (TPSA) is 0 Å². The third-order valence-corrected chi connectivity index (χ3v) is 2.60. The molecular weight excluding hydrogens is 248 g/mol. The highest BCUT2D eigenvalue weighted by Gasteiger charge is 1.87. The second-order valence-corrected chi connectivity index (χ2v) is 4.41. The van der Waals surface area contributed by atoms with E-state index in [2.05, 4.69) is 19.2 Å². The molecule has 0 atom stereocenters. The molecule has 0 bridgehead atoms. The summed E-state index contributed by atoms with van der Waals surface area (Å²) in [6.07, 6.45) is 2.79. The lowest BCUT2D eigenvalue weighted by molar-refractivity contribution is 1.28. The molecule has 2 rings (SSSR count). The van der Waals surface area contributed by atoms with Crippen LogP contribution in [0, 0.1) is 0 Å². The van der Waals surface area contributed by atoms with Crippen molar-refractivity contribution in [2.24, 2.45) is 0 Å².